The molecule has 0 amide bonds. The Morgan fingerprint density at radius 2 is 1.95 bits per heavy atom. The molecule has 3 heteroatoms. The van der Waals surface area contributed by atoms with Crippen LogP contribution in [0.25, 0.3) is 10.8 Å². The Morgan fingerprint density at radius 3 is 2.74 bits per heavy atom. The van der Waals surface area contributed by atoms with Crippen molar-refractivity contribution in [3.8, 4) is 5.75 Å². The summed E-state index contributed by atoms with van der Waals surface area (Å²) in [5.74, 6) is 1.80. The second-order valence-electron chi connectivity index (χ2n) is 4.67. The van der Waals surface area contributed by atoms with E-state index in [4.69, 9.17) is 9.47 Å². The molecule has 3 rings (SSSR count). The smallest absolute Gasteiger partial charge is 0.183 e. The van der Waals surface area contributed by atoms with Crippen LogP contribution in [0.1, 0.15) is 12.0 Å². The number of aryl methyl sites for hydroxylation is 1. The largest absolute Gasteiger partial charge is 0.497 e. The number of methoxy groups -OCH3 is 1. The summed E-state index contributed by atoms with van der Waals surface area (Å²) in [7, 11) is 1.69. The quantitative estimate of drug-likeness (QED) is 0.840. The molecule has 0 spiro atoms. The lowest BCUT2D eigenvalue weighted by molar-refractivity contribution is 0.338. The fourth-order valence-electron chi connectivity index (χ4n) is 2.34. The molecule has 2 aromatic carbocycles. The van der Waals surface area contributed by atoms with Gasteiger partial charge in [-0.15, -0.1) is 0 Å². The monoisotopic (exact) mass is 255 g/mol. The van der Waals surface area contributed by atoms with Gasteiger partial charge in [0.1, 0.15) is 12.4 Å². The highest BCUT2D eigenvalue weighted by Crippen LogP contribution is 2.22. The molecule has 19 heavy (non-hydrogen) atoms. The van der Waals surface area contributed by atoms with E-state index >= 15 is 0 Å². The number of hydrogen-bond donors (Lipinski definition) is 0. The molecule has 0 aliphatic carbocycles. The van der Waals surface area contributed by atoms with Crippen LogP contribution in [-0.2, 0) is 11.2 Å². The van der Waals surface area contributed by atoms with E-state index in [2.05, 4.69) is 35.3 Å². The fourth-order valence-corrected chi connectivity index (χ4v) is 2.34. The Kier molecular flexibility index (Phi) is 3.36. The summed E-state index contributed by atoms with van der Waals surface area (Å²) in [5.41, 5.74) is 1.32. The fraction of sp³-hybridized carbons (Fsp3) is 0.312. The topological polar surface area (TPSA) is 30.8 Å². The first-order valence-electron chi connectivity index (χ1n) is 6.58. The maximum Gasteiger partial charge on any atom is 0.183 e. The first-order valence-corrected chi connectivity index (χ1v) is 6.58. The van der Waals surface area contributed by atoms with Crippen molar-refractivity contribution in [3.05, 3.63) is 42.0 Å². The minimum absolute atomic E-state index is 0.743. The average Bonchev–Trinajstić information content (AvgIpc) is 2.97. The lowest BCUT2D eigenvalue weighted by Crippen LogP contribution is -2.00. The Morgan fingerprint density at radius 1 is 1.11 bits per heavy atom. The van der Waals surface area contributed by atoms with E-state index in [1.807, 2.05) is 6.07 Å². The van der Waals surface area contributed by atoms with Crippen LogP contribution in [0.4, 0.5) is 0 Å². The summed E-state index contributed by atoms with van der Waals surface area (Å²) in [6.45, 7) is 1.56. The van der Waals surface area contributed by atoms with E-state index in [0.717, 1.165) is 37.6 Å². The molecular formula is C16H17NO2. The highest BCUT2D eigenvalue weighted by atomic mass is 16.5. The molecular weight excluding hydrogens is 238 g/mol. The van der Waals surface area contributed by atoms with E-state index in [1.54, 1.807) is 7.11 Å². The van der Waals surface area contributed by atoms with Crippen LogP contribution in [0.2, 0.25) is 0 Å². The van der Waals surface area contributed by atoms with Crippen LogP contribution >= 0.6 is 0 Å². The van der Waals surface area contributed by atoms with Crippen molar-refractivity contribution in [3.63, 3.8) is 0 Å². The van der Waals surface area contributed by atoms with Crippen LogP contribution in [0.3, 0.4) is 0 Å². The van der Waals surface area contributed by atoms with Crippen molar-refractivity contribution < 1.29 is 9.47 Å². The molecule has 1 heterocycles. The highest BCUT2D eigenvalue weighted by molar-refractivity contribution is 5.84. The Bertz CT molecular complexity index is 619. The van der Waals surface area contributed by atoms with E-state index in [1.165, 1.54) is 16.3 Å². The second kappa shape index (κ2) is 5.31. The zero-order valence-corrected chi connectivity index (χ0v) is 11.1. The molecule has 0 N–H and O–H groups in total. The molecule has 0 atom stereocenters. The third-order valence-corrected chi connectivity index (χ3v) is 3.39. The Balaban J connectivity index is 1.77. The molecule has 0 aromatic heterocycles. The summed E-state index contributed by atoms with van der Waals surface area (Å²) in [5, 5.41) is 2.45. The number of aliphatic imine (C=N–C) groups is 1. The molecule has 98 valence electrons. The van der Waals surface area contributed by atoms with Gasteiger partial charge in [0.15, 0.2) is 5.90 Å². The number of nitrogens with zero attached hydrogens (tertiary/aromatic N) is 1. The van der Waals surface area contributed by atoms with Gasteiger partial charge in [-0.3, -0.25) is 4.99 Å². The van der Waals surface area contributed by atoms with Gasteiger partial charge in [0.2, 0.25) is 0 Å². The molecule has 0 fully saturated rings. The molecule has 1 aliphatic rings. The first kappa shape index (κ1) is 12.0. The Labute approximate surface area is 112 Å². The van der Waals surface area contributed by atoms with Crippen molar-refractivity contribution >= 4 is 16.7 Å². The summed E-state index contributed by atoms with van der Waals surface area (Å²) in [6.07, 6.45) is 1.86. The Hall–Kier alpha value is -2.03. The summed E-state index contributed by atoms with van der Waals surface area (Å²) in [4.78, 5) is 4.31. The van der Waals surface area contributed by atoms with E-state index in [0.29, 0.717) is 0 Å². The van der Waals surface area contributed by atoms with Crippen LogP contribution < -0.4 is 4.74 Å². The van der Waals surface area contributed by atoms with E-state index in [-0.39, 0.29) is 0 Å². The van der Waals surface area contributed by atoms with Gasteiger partial charge >= 0.3 is 0 Å². The zero-order chi connectivity index (χ0) is 13.1. The normalized spacial score (nSPS) is 14.3. The highest BCUT2D eigenvalue weighted by Gasteiger charge is 2.07. The van der Waals surface area contributed by atoms with Gasteiger partial charge in [-0.25, -0.2) is 0 Å². The van der Waals surface area contributed by atoms with Gasteiger partial charge in [-0.1, -0.05) is 24.3 Å². The molecule has 1 aliphatic heterocycles. The van der Waals surface area contributed by atoms with Crippen LogP contribution in [0.15, 0.2) is 41.4 Å². The van der Waals surface area contributed by atoms with Crippen molar-refractivity contribution in [2.24, 2.45) is 4.99 Å². The van der Waals surface area contributed by atoms with Crippen LogP contribution in [0, 0.1) is 0 Å². The molecule has 3 nitrogen and oxygen atoms in total. The molecule has 0 unspecified atom stereocenters. The van der Waals surface area contributed by atoms with Crippen LogP contribution in [0.5, 0.6) is 5.75 Å². The lowest BCUT2D eigenvalue weighted by Gasteiger charge is -2.06. The van der Waals surface area contributed by atoms with Crippen molar-refractivity contribution in [2.75, 3.05) is 20.3 Å². The van der Waals surface area contributed by atoms with E-state index in [9.17, 15) is 0 Å². The van der Waals surface area contributed by atoms with Gasteiger partial charge < -0.3 is 9.47 Å². The summed E-state index contributed by atoms with van der Waals surface area (Å²) in [6, 6.07) is 12.7. The zero-order valence-electron chi connectivity index (χ0n) is 11.1. The number of benzene rings is 2. The number of hydrogen-bond acceptors (Lipinski definition) is 3. The number of ether oxygens (including phenoxy) is 2. The van der Waals surface area contributed by atoms with Gasteiger partial charge in [0, 0.05) is 6.42 Å². The van der Waals surface area contributed by atoms with Crippen LogP contribution in [-0.4, -0.2) is 26.2 Å². The van der Waals surface area contributed by atoms with Crippen molar-refractivity contribution in [1.29, 1.82) is 0 Å². The predicted molar refractivity (Wildman–Crippen MR) is 77.1 cm³/mol. The average molecular weight is 255 g/mol. The molecule has 0 saturated heterocycles. The maximum atomic E-state index is 5.43. The molecule has 2 aromatic rings. The second-order valence-corrected chi connectivity index (χ2v) is 4.67. The maximum absolute atomic E-state index is 5.43. The van der Waals surface area contributed by atoms with Crippen molar-refractivity contribution in [1.82, 2.24) is 0 Å². The molecule has 0 bridgehead atoms. The van der Waals surface area contributed by atoms with Gasteiger partial charge in [0.25, 0.3) is 0 Å². The summed E-state index contributed by atoms with van der Waals surface area (Å²) >= 11 is 0. The van der Waals surface area contributed by atoms with Crippen molar-refractivity contribution in [2.45, 2.75) is 12.8 Å². The van der Waals surface area contributed by atoms with E-state index < -0.39 is 0 Å². The minimum Gasteiger partial charge on any atom is -0.497 e. The van der Waals surface area contributed by atoms with Gasteiger partial charge in [-0.05, 0) is 34.9 Å². The number of fused-ring (bicyclic) bond motifs is 1. The molecule has 0 saturated carbocycles. The number of rotatable bonds is 4. The predicted octanol–water partition coefficient (Wildman–Crippen LogP) is 3.21. The molecule has 0 radical (unpaired) electrons. The van der Waals surface area contributed by atoms with Gasteiger partial charge in [-0.2, -0.15) is 0 Å². The third kappa shape index (κ3) is 2.70. The third-order valence-electron chi connectivity index (χ3n) is 3.39. The standard InChI is InChI=1S/C16H17NO2/c1-18-15-6-5-13-10-12(2-4-14(13)11-15)3-7-16-17-8-9-19-16/h2,4-6,10-11H,3,7-9H2,1H3. The lowest BCUT2D eigenvalue weighted by atomic mass is 10.0. The minimum atomic E-state index is 0.743. The first-order chi connectivity index (χ1) is 9.35. The van der Waals surface area contributed by atoms with Gasteiger partial charge in [0.05, 0.1) is 13.7 Å². The summed E-state index contributed by atoms with van der Waals surface area (Å²) < 4.78 is 10.7. The SMILES string of the molecule is COc1ccc2cc(CCC3=NCCO3)ccc2c1.